The molecule has 0 aromatic heterocycles. The van der Waals surface area contributed by atoms with Gasteiger partial charge in [-0.05, 0) is 48.9 Å². The van der Waals surface area contributed by atoms with E-state index in [9.17, 15) is 23.1 Å². The SMILES string of the molecule is C[C@@H](c1ccccc1)N(C)S(=O)(=O)c1cccc(C(=O)Nc2ccc(C#N)cc2C(=O)O)c1. The van der Waals surface area contributed by atoms with Crippen LogP contribution in [-0.4, -0.2) is 36.8 Å². The molecular weight excluding hydrogens is 442 g/mol. The van der Waals surface area contributed by atoms with Crippen molar-refractivity contribution in [1.82, 2.24) is 4.31 Å². The Balaban J connectivity index is 1.88. The fraction of sp³-hybridized carbons (Fsp3) is 0.125. The molecule has 0 aliphatic heterocycles. The summed E-state index contributed by atoms with van der Waals surface area (Å²) in [6.45, 7) is 1.77. The highest BCUT2D eigenvalue weighted by atomic mass is 32.2. The van der Waals surface area contributed by atoms with Crippen molar-refractivity contribution in [3.05, 3.63) is 95.1 Å². The van der Waals surface area contributed by atoms with Gasteiger partial charge < -0.3 is 10.4 Å². The summed E-state index contributed by atoms with van der Waals surface area (Å²) in [5, 5.41) is 20.8. The van der Waals surface area contributed by atoms with E-state index in [0.29, 0.717) is 0 Å². The van der Waals surface area contributed by atoms with Gasteiger partial charge in [0, 0.05) is 18.7 Å². The summed E-state index contributed by atoms with van der Waals surface area (Å²) in [5.41, 5.74) is 0.739. The fourth-order valence-electron chi connectivity index (χ4n) is 3.21. The van der Waals surface area contributed by atoms with Gasteiger partial charge in [-0.2, -0.15) is 9.57 Å². The number of hydrogen-bond donors (Lipinski definition) is 2. The van der Waals surface area contributed by atoms with Crippen LogP contribution in [0.3, 0.4) is 0 Å². The lowest BCUT2D eigenvalue weighted by atomic mass is 10.1. The number of anilines is 1. The number of carboxylic acids is 1. The average molecular weight is 464 g/mol. The molecule has 3 rings (SSSR count). The molecule has 0 saturated heterocycles. The zero-order chi connectivity index (χ0) is 24.2. The van der Waals surface area contributed by atoms with E-state index in [-0.39, 0.29) is 27.3 Å². The van der Waals surface area contributed by atoms with Crippen LogP contribution < -0.4 is 5.32 Å². The maximum atomic E-state index is 13.2. The van der Waals surface area contributed by atoms with Crippen LogP contribution in [-0.2, 0) is 10.0 Å². The molecule has 0 spiro atoms. The molecule has 0 bridgehead atoms. The zero-order valence-corrected chi connectivity index (χ0v) is 18.7. The van der Waals surface area contributed by atoms with Crippen molar-refractivity contribution in [2.75, 3.05) is 12.4 Å². The number of carbonyl (C=O) groups is 2. The summed E-state index contributed by atoms with van der Waals surface area (Å²) in [6, 6.07) is 19.9. The third-order valence-electron chi connectivity index (χ3n) is 5.23. The van der Waals surface area contributed by atoms with Gasteiger partial charge >= 0.3 is 5.97 Å². The molecule has 0 fully saturated rings. The lowest BCUT2D eigenvalue weighted by molar-refractivity contribution is 0.0698. The largest absolute Gasteiger partial charge is 0.478 e. The first-order chi connectivity index (χ1) is 15.6. The number of aromatic carboxylic acids is 1. The second kappa shape index (κ2) is 9.65. The van der Waals surface area contributed by atoms with Crippen LogP contribution in [0.5, 0.6) is 0 Å². The maximum Gasteiger partial charge on any atom is 0.337 e. The number of sulfonamides is 1. The second-order valence-electron chi connectivity index (χ2n) is 7.27. The summed E-state index contributed by atoms with van der Waals surface area (Å²) in [5.74, 6) is -1.99. The van der Waals surface area contributed by atoms with Crippen LogP contribution in [0.15, 0.2) is 77.7 Å². The van der Waals surface area contributed by atoms with E-state index < -0.39 is 27.9 Å². The summed E-state index contributed by atoms with van der Waals surface area (Å²) in [7, 11) is -2.45. The number of nitriles is 1. The fourth-order valence-corrected chi connectivity index (χ4v) is 4.60. The predicted octanol–water partition coefficient (Wildman–Crippen LogP) is 3.89. The quantitative estimate of drug-likeness (QED) is 0.547. The van der Waals surface area contributed by atoms with E-state index in [1.54, 1.807) is 6.92 Å². The average Bonchev–Trinajstić information content (AvgIpc) is 2.83. The highest BCUT2D eigenvalue weighted by molar-refractivity contribution is 7.89. The minimum absolute atomic E-state index is 0.00502. The Bertz CT molecular complexity index is 1350. The van der Waals surface area contributed by atoms with Crippen LogP contribution in [0, 0.1) is 11.3 Å². The lowest BCUT2D eigenvalue weighted by Crippen LogP contribution is -2.30. The van der Waals surface area contributed by atoms with E-state index in [1.807, 2.05) is 36.4 Å². The van der Waals surface area contributed by atoms with E-state index in [0.717, 1.165) is 11.6 Å². The number of rotatable bonds is 7. The van der Waals surface area contributed by atoms with Crippen LogP contribution >= 0.6 is 0 Å². The van der Waals surface area contributed by atoms with E-state index in [1.165, 1.54) is 47.8 Å². The van der Waals surface area contributed by atoms with E-state index >= 15 is 0 Å². The molecule has 0 heterocycles. The number of amides is 1. The van der Waals surface area contributed by atoms with Crippen LogP contribution in [0.2, 0.25) is 0 Å². The van der Waals surface area contributed by atoms with Crippen LogP contribution in [0.4, 0.5) is 5.69 Å². The van der Waals surface area contributed by atoms with Gasteiger partial charge in [0.05, 0.1) is 27.8 Å². The van der Waals surface area contributed by atoms with Crippen molar-refractivity contribution in [3.63, 3.8) is 0 Å². The maximum absolute atomic E-state index is 13.2. The minimum Gasteiger partial charge on any atom is -0.478 e. The molecule has 3 aromatic rings. The van der Waals surface area contributed by atoms with Gasteiger partial charge in [0.25, 0.3) is 5.91 Å². The minimum atomic E-state index is -3.92. The van der Waals surface area contributed by atoms with E-state index in [2.05, 4.69) is 5.32 Å². The Morgan fingerprint density at radius 2 is 1.73 bits per heavy atom. The molecule has 33 heavy (non-hydrogen) atoms. The topological polar surface area (TPSA) is 128 Å². The predicted molar refractivity (Wildman–Crippen MR) is 122 cm³/mol. The van der Waals surface area contributed by atoms with Gasteiger partial charge in [-0.15, -0.1) is 0 Å². The molecule has 0 aliphatic rings. The molecule has 0 aliphatic carbocycles. The number of benzene rings is 3. The summed E-state index contributed by atoms with van der Waals surface area (Å²) in [4.78, 5) is 24.2. The third-order valence-corrected chi connectivity index (χ3v) is 7.15. The number of carboxylic acid groups (broad SMARTS) is 1. The molecule has 0 unspecified atom stereocenters. The van der Waals surface area contributed by atoms with E-state index in [4.69, 9.17) is 5.26 Å². The van der Waals surface area contributed by atoms with Crippen molar-refractivity contribution in [3.8, 4) is 6.07 Å². The Morgan fingerprint density at radius 3 is 2.36 bits per heavy atom. The van der Waals surface area contributed by atoms with Gasteiger partial charge in [-0.1, -0.05) is 36.4 Å². The standard InChI is InChI=1S/C24H21N3O5S/c1-16(18-7-4-3-5-8-18)27(2)33(31,32)20-10-6-9-19(14-20)23(28)26-22-12-11-17(15-25)13-21(22)24(29)30/h3-14,16H,1-2H3,(H,26,28)(H,29,30)/t16-/m0/s1. The number of nitrogens with zero attached hydrogens (tertiary/aromatic N) is 2. The van der Waals surface area contributed by atoms with Crippen molar-refractivity contribution in [2.45, 2.75) is 17.9 Å². The van der Waals surface area contributed by atoms with Crippen LogP contribution in [0.25, 0.3) is 0 Å². The number of nitrogens with one attached hydrogen (secondary N) is 1. The van der Waals surface area contributed by atoms with Gasteiger partial charge in [0.2, 0.25) is 10.0 Å². The molecular formula is C24H21N3O5S. The zero-order valence-electron chi connectivity index (χ0n) is 17.9. The van der Waals surface area contributed by atoms with Crippen molar-refractivity contribution >= 4 is 27.6 Å². The monoisotopic (exact) mass is 463 g/mol. The Morgan fingerprint density at radius 1 is 1.03 bits per heavy atom. The molecule has 9 heteroatoms. The highest BCUT2D eigenvalue weighted by Gasteiger charge is 2.27. The lowest BCUT2D eigenvalue weighted by Gasteiger charge is -2.25. The Hall–Kier alpha value is -4.00. The molecule has 3 aromatic carbocycles. The second-order valence-corrected chi connectivity index (χ2v) is 9.26. The molecule has 0 radical (unpaired) electrons. The third kappa shape index (κ3) is 5.09. The van der Waals surface area contributed by atoms with Gasteiger partial charge in [0.1, 0.15) is 0 Å². The van der Waals surface area contributed by atoms with Crippen molar-refractivity contribution in [2.24, 2.45) is 0 Å². The Kier molecular flexibility index (Phi) is 6.92. The summed E-state index contributed by atoms with van der Waals surface area (Å²) in [6.07, 6.45) is 0. The molecule has 8 nitrogen and oxygen atoms in total. The van der Waals surface area contributed by atoms with Gasteiger partial charge in [-0.3, -0.25) is 4.79 Å². The normalized spacial score (nSPS) is 12.1. The highest BCUT2D eigenvalue weighted by Crippen LogP contribution is 2.26. The first kappa shape index (κ1) is 23.7. The first-order valence-electron chi connectivity index (χ1n) is 9.87. The number of hydrogen-bond acceptors (Lipinski definition) is 5. The molecule has 0 saturated carbocycles. The van der Waals surface area contributed by atoms with Crippen molar-refractivity contribution in [1.29, 1.82) is 5.26 Å². The van der Waals surface area contributed by atoms with Crippen LogP contribution in [0.1, 0.15) is 44.8 Å². The molecule has 168 valence electrons. The van der Waals surface area contributed by atoms with Gasteiger partial charge in [0.15, 0.2) is 0 Å². The smallest absolute Gasteiger partial charge is 0.337 e. The molecule has 1 atom stereocenters. The van der Waals surface area contributed by atoms with Gasteiger partial charge in [-0.25, -0.2) is 13.2 Å². The number of carbonyl (C=O) groups excluding carboxylic acids is 1. The summed E-state index contributed by atoms with van der Waals surface area (Å²) >= 11 is 0. The summed E-state index contributed by atoms with van der Waals surface area (Å²) < 4.78 is 27.6. The molecule has 1 amide bonds. The molecule has 2 N–H and O–H groups in total. The first-order valence-corrected chi connectivity index (χ1v) is 11.3. The van der Waals surface area contributed by atoms with Crippen molar-refractivity contribution < 1.29 is 23.1 Å². The Labute approximate surface area is 191 Å².